The summed E-state index contributed by atoms with van der Waals surface area (Å²) in [5.41, 5.74) is 7.63. The quantitative estimate of drug-likeness (QED) is 0.680. The van der Waals surface area contributed by atoms with Gasteiger partial charge in [-0.2, -0.15) is 0 Å². The molecule has 1 radical (unpaired) electrons. The van der Waals surface area contributed by atoms with Gasteiger partial charge in [0.1, 0.15) is 12.3 Å². The van der Waals surface area contributed by atoms with Crippen molar-refractivity contribution >= 4 is 17.3 Å². The van der Waals surface area contributed by atoms with Crippen molar-refractivity contribution in [2.24, 2.45) is 0 Å². The van der Waals surface area contributed by atoms with Crippen LogP contribution in [0.4, 0.5) is 5.69 Å². The number of nitrogen functional groups attached to an aromatic ring is 1. The van der Waals surface area contributed by atoms with E-state index in [2.05, 4.69) is 7.05 Å². The molecule has 2 aliphatic heterocycles. The van der Waals surface area contributed by atoms with Crippen LogP contribution in [-0.4, -0.2) is 24.7 Å². The lowest BCUT2D eigenvalue weighted by Gasteiger charge is -2.43. The summed E-state index contributed by atoms with van der Waals surface area (Å²) in [6.07, 6.45) is 6.58. The molecule has 2 unspecified atom stereocenters. The largest absolute Gasteiger partial charge is 0.496 e. The predicted octanol–water partition coefficient (Wildman–Crippen LogP) is 3.76. The van der Waals surface area contributed by atoms with Crippen LogP contribution in [-0.2, 0) is 6.54 Å². The number of fused-ring (bicyclic) bond motifs is 2. The number of ether oxygens (including phenoxy) is 1. The summed E-state index contributed by atoms with van der Waals surface area (Å²) in [4.78, 5) is 0. The highest BCUT2D eigenvalue weighted by molar-refractivity contribution is 6.33. The lowest BCUT2D eigenvalue weighted by Crippen LogP contribution is -2.51. The Bertz CT molecular complexity index is 501. The zero-order valence-corrected chi connectivity index (χ0v) is 13.0. The number of halogens is 1. The Morgan fingerprint density at radius 2 is 2.15 bits per heavy atom. The Morgan fingerprint density at radius 3 is 2.85 bits per heavy atom. The molecule has 2 bridgehead atoms. The van der Waals surface area contributed by atoms with Gasteiger partial charge in [-0.25, -0.2) is 0 Å². The van der Waals surface area contributed by atoms with E-state index in [9.17, 15) is 0 Å². The van der Waals surface area contributed by atoms with E-state index in [4.69, 9.17) is 22.1 Å². The molecular weight excluding hydrogens is 272 g/mol. The Morgan fingerprint density at radius 1 is 1.35 bits per heavy atom. The van der Waals surface area contributed by atoms with Gasteiger partial charge >= 0.3 is 0 Å². The predicted molar refractivity (Wildman–Crippen MR) is 82.4 cm³/mol. The molecule has 2 fully saturated rings. The number of methoxy groups -OCH3 is 1. The Balaban J connectivity index is 1.93. The third-order valence-electron chi connectivity index (χ3n) is 5.20. The summed E-state index contributed by atoms with van der Waals surface area (Å²) < 4.78 is 6.57. The summed E-state index contributed by atoms with van der Waals surface area (Å²) in [6, 6.07) is 6.28. The van der Waals surface area contributed by atoms with Crippen LogP contribution in [0.3, 0.4) is 0 Å². The Hall–Kier alpha value is -0.930. The maximum Gasteiger partial charge on any atom is 0.155 e. The van der Waals surface area contributed by atoms with Crippen molar-refractivity contribution in [1.29, 1.82) is 0 Å². The number of anilines is 1. The van der Waals surface area contributed by atoms with Gasteiger partial charge < -0.3 is 15.0 Å². The van der Waals surface area contributed by atoms with E-state index in [-0.39, 0.29) is 0 Å². The summed E-state index contributed by atoms with van der Waals surface area (Å²) in [5, 5.41) is 0.627. The molecule has 1 aromatic carbocycles. The molecule has 2 heterocycles. The topological polar surface area (TPSA) is 35.2 Å². The van der Waals surface area contributed by atoms with E-state index in [1.165, 1.54) is 37.7 Å². The molecule has 0 amide bonds. The zero-order valence-electron chi connectivity index (χ0n) is 12.3. The van der Waals surface area contributed by atoms with Crippen LogP contribution in [0.1, 0.15) is 37.7 Å². The van der Waals surface area contributed by atoms with Gasteiger partial charge in [0.15, 0.2) is 6.04 Å². The van der Waals surface area contributed by atoms with Crippen molar-refractivity contribution in [3.05, 3.63) is 28.8 Å². The second-order valence-electron chi connectivity index (χ2n) is 6.26. The van der Waals surface area contributed by atoms with Gasteiger partial charge in [-0.15, -0.1) is 0 Å². The number of benzene rings is 1. The average molecular weight is 295 g/mol. The van der Waals surface area contributed by atoms with Crippen molar-refractivity contribution in [3.8, 4) is 5.75 Å². The number of nitrogens with two attached hydrogens (primary N) is 1. The number of nitrogens with zero attached hydrogens (tertiary/aromatic N) is 1. The number of rotatable bonds is 3. The average Bonchev–Trinajstić information content (AvgIpc) is 2.62. The minimum atomic E-state index is 0.587. The fourth-order valence-electron chi connectivity index (χ4n) is 4.00. The van der Waals surface area contributed by atoms with Gasteiger partial charge in [0.05, 0.1) is 30.9 Å². The molecule has 2 saturated heterocycles. The van der Waals surface area contributed by atoms with Crippen molar-refractivity contribution < 1.29 is 9.22 Å². The van der Waals surface area contributed by atoms with E-state index in [1.807, 2.05) is 12.1 Å². The van der Waals surface area contributed by atoms with E-state index >= 15 is 0 Å². The summed E-state index contributed by atoms with van der Waals surface area (Å²) in [7, 11) is 4.07. The van der Waals surface area contributed by atoms with Crippen LogP contribution in [0.15, 0.2) is 12.1 Å². The van der Waals surface area contributed by atoms with Gasteiger partial charge in [0.2, 0.25) is 0 Å². The van der Waals surface area contributed by atoms with Crippen LogP contribution < -0.4 is 10.5 Å². The first-order valence-corrected chi connectivity index (χ1v) is 7.75. The van der Waals surface area contributed by atoms with Gasteiger partial charge in [0.25, 0.3) is 0 Å². The third-order valence-corrected chi connectivity index (χ3v) is 5.52. The third kappa shape index (κ3) is 2.17. The van der Waals surface area contributed by atoms with Crippen molar-refractivity contribution in [3.63, 3.8) is 0 Å². The Labute approximate surface area is 126 Å². The number of hydrogen-bond acceptors (Lipinski definition) is 2. The van der Waals surface area contributed by atoms with Crippen LogP contribution in [0.5, 0.6) is 5.75 Å². The Kier molecular flexibility index (Phi) is 3.59. The van der Waals surface area contributed by atoms with E-state index in [0.29, 0.717) is 10.7 Å². The smallest absolute Gasteiger partial charge is 0.155 e. The highest BCUT2D eigenvalue weighted by Crippen LogP contribution is 2.48. The first kappa shape index (κ1) is 14.0. The van der Waals surface area contributed by atoms with Crippen LogP contribution in [0.25, 0.3) is 0 Å². The first-order chi connectivity index (χ1) is 9.54. The molecule has 3 nitrogen and oxygen atoms in total. The maximum absolute atomic E-state index is 6.20. The highest BCUT2D eigenvalue weighted by Gasteiger charge is 2.50. The van der Waals surface area contributed by atoms with Crippen molar-refractivity contribution in [1.82, 2.24) is 0 Å². The molecule has 2 N–H and O–H groups in total. The van der Waals surface area contributed by atoms with Crippen LogP contribution in [0.2, 0.25) is 5.02 Å². The minimum absolute atomic E-state index is 0.587. The lowest BCUT2D eigenvalue weighted by atomic mass is 9.98. The number of piperidine rings is 1. The molecular formula is C16H23ClN2O+. The minimum Gasteiger partial charge on any atom is -0.496 e. The van der Waals surface area contributed by atoms with E-state index in [1.54, 1.807) is 13.2 Å². The van der Waals surface area contributed by atoms with Crippen molar-refractivity contribution in [2.45, 2.75) is 44.7 Å². The van der Waals surface area contributed by atoms with Crippen LogP contribution >= 0.6 is 11.6 Å². The standard InChI is InChI=1S/C16H23ClN2O/c1-19(12-4-3-5-13(19)7-6-12)10-11-8-14(17)15(18)9-16(11)20-2/h8-9,12H,3-7,10,18H2,1-2H3/q+1. The van der Waals surface area contributed by atoms with Crippen molar-refractivity contribution in [2.75, 3.05) is 19.9 Å². The number of quaternary nitrogens is 1. The van der Waals surface area contributed by atoms with E-state index < -0.39 is 0 Å². The number of hydrogen-bond donors (Lipinski definition) is 1. The second-order valence-corrected chi connectivity index (χ2v) is 6.67. The summed E-state index contributed by atoms with van der Waals surface area (Å²) in [5.74, 6) is 0.858. The van der Waals surface area contributed by atoms with Crippen LogP contribution in [0, 0.1) is 6.04 Å². The lowest BCUT2D eigenvalue weighted by molar-refractivity contribution is -0.928. The highest BCUT2D eigenvalue weighted by atomic mass is 35.5. The molecule has 2 aliphatic rings. The molecule has 3 rings (SSSR count). The van der Waals surface area contributed by atoms with E-state index in [0.717, 1.165) is 22.8 Å². The fourth-order valence-corrected chi connectivity index (χ4v) is 4.19. The van der Waals surface area contributed by atoms with Gasteiger partial charge in [-0.1, -0.05) is 11.6 Å². The SMILES string of the molecule is COc1cc(N)c(Cl)cc1C[N+]1(C)[C]2CCCC1CC2. The zero-order chi connectivity index (χ0) is 14.3. The molecule has 0 spiro atoms. The molecule has 20 heavy (non-hydrogen) atoms. The molecule has 0 aliphatic carbocycles. The first-order valence-electron chi connectivity index (χ1n) is 7.37. The molecule has 109 valence electrons. The van der Waals surface area contributed by atoms with Gasteiger partial charge in [-0.05, 0) is 18.9 Å². The fraction of sp³-hybridized carbons (Fsp3) is 0.562. The monoisotopic (exact) mass is 294 g/mol. The summed E-state index contributed by atoms with van der Waals surface area (Å²) >= 11 is 6.20. The van der Waals surface area contributed by atoms with Gasteiger partial charge in [0, 0.05) is 30.9 Å². The molecule has 4 heteroatoms. The maximum atomic E-state index is 6.20. The molecule has 0 aromatic heterocycles. The normalized spacial score (nSPS) is 29.6. The second kappa shape index (κ2) is 5.12. The molecule has 0 saturated carbocycles. The molecule has 1 aromatic rings. The molecule has 2 atom stereocenters. The van der Waals surface area contributed by atoms with Gasteiger partial charge in [-0.3, -0.25) is 0 Å². The summed E-state index contributed by atoms with van der Waals surface area (Å²) in [6.45, 7) is 0.961.